The summed E-state index contributed by atoms with van der Waals surface area (Å²) in [6, 6.07) is 4.71. The minimum absolute atomic E-state index is 0.00157. The first-order valence-corrected chi connectivity index (χ1v) is 4.13. The SMILES string of the molecule is CC(=O)c1cc(C#N)cc(OC(F)(F)F)c1. The molecule has 84 valence electrons. The summed E-state index contributed by atoms with van der Waals surface area (Å²) in [4.78, 5) is 11.0. The van der Waals surface area contributed by atoms with Crippen LogP contribution in [0.25, 0.3) is 0 Å². The lowest BCUT2D eigenvalue weighted by atomic mass is 10.1. The van der Waals surface area contributed by atoms with Gasteiger partial charge >= 0.3 is 6.36 Å². The van der Waals surface area contributed by atoms with Gasteiger partial charge in [-0.2, -0.15) is 5.26 Å². The van der Waals surface area contributed by atoms with E-state index in [1.807, 2.05) is 0 Å². The Morgan fingerprint density at radius 1 is 1.38 bits per heavy atom. The van der Waals surface area contributed by atoms with Crippen LogP contribution in [0.5, 0.6) is 5.75 Å². The van der Waals surface area contributed by atoms with Crippen LogP contribution in [0.1, 0.15) is 22.8 Å². The molecule has 0 spiro atoms. The van der Waals surface area contributed by atoms with Gasteiger partial charge in [0.1, 0.15) is 5.75 Å². The number of hydrogen-bond donors (Lipinski definition) is 0. The summed E-state index contributed by atoms with van der Waals surface area (Å²) < 4.78 is 39.4. The first-order chi connectivity index (χ1) is 7.31. The van der Waals surface area contributed by atoms with Gasteiger partial charge in [-0.1, -0.05) is 0 Å². The number of nitrogens with zero attached hydrogens (tertiary/aromatic N) is 1. The zero-order chi connectivity index (χ0) is 12.3. The summed E-state index contributed by atoms with van der Waals surface area (Å²) in [5.74, 6) is -1.01. The maximum absolute atomic E-state index is 11.9. The Labute approximate surface area is 89.1 Å². The largest absolute Gasteiger partial charge is 0.573 e. The Balaban J connectivity index is 3.16. The number of Topliss-reactive ketones (excluding diaryl/α,β-unsaturated/α-hetero) is 1. The monoisotopic (exact) mass is 229 g/mol. The fourth-order valence-corrected chi connectivity index (χ4v) is 1.06. The molecule has 0 saturated heterocycles. The summed E-state index contributed by atoms with van der Waals surface area (Å²) in [6.45, 7) is 1.19. The highest BCUT2D eigenvalue weighted by atomic mass is 19.4. The van der Waals surface area contributed by atoms with E-state index in [9.17, 15) is 18.0 Å². The van der Waals surface area contributed by atoms with Crippen LogP contribution in [-0.2, 0) is 0 Å². The second kappa shape index (κ2) is 4.23. The summed E-state index contributed by atoms with van der Waals surface area (Å²) in [5.41, 5.74) is -0.0646. The molecule has 0 radical (unpaired) electrons. The Morgan fingerprint density at radius 3 is 2.44 bits per heavy atom. The number of hydrogen-bond acceptors (Lipinski definition) is 3. The molecule has 0 aliphatic heterocycles. The van der Waals surface area contributed by atoms with Crippen molar-refractivity contribution in [2.75, 3.05) is 0 Å². The second-order valence-electron chi connectivity index (χ2n) is 2.96. The van der Waals surface area contributed by atoms with Crippen LogP contribution in [0.2, 0.25) is 0 Å². The predicted octanol–water partition coefficient (Wildman–Crippen LogP) is 2.66. The van der Waals surface area contributed by atoms with Crippen LogP contribution in [0.3, 0.4) is 0 Å². The molecule has 0 fully saturated rings. The summed E-state index contributed by atoms with van der Waals surface area (Å²) in [5, 5.41) is 8.57. The number of carbonyl (C=O) groups is 1. The third-order valence-electron chi connectivity index (χ3n) is 1.68. The topological polar surface area (TPSA) is 50.1 Å². The number of benzene rings is 1. The fraction of sp³-hybridized carbons (Fsp3) is 0.200. The van der Waals surface area contributed by atoms with Crippen LogP contribution in [0, 0.1) is 11.3 Å². The lowest BCUT2D eigenvalue weighted by molar-refractivity contribution is -0.274. The highest BCUT2D eigenvalue weighted by molar-refractivity contribution is 5.94. The molecule has 0 unspecified atom stereocenters. The van der Waals surface area contributed by atoms with Gasteiger partial charge in [0.2, 0.25) is 0 Å². The zero-order valence-electron chi connectivity index (χ0n) is 8.13. The Bertz CT molecular complexity index is 460. The molecule has 0 amide bonds. The van der Waals surface area contributed by atoms with Crippen LogP contribution in [0.15, 0.2) is 18.2 Å². The van der Waals surface area contributed by atoms with E-state index in [2.05, 4.69) is 4.74 Å². The van der Waals surface area contributed by atoms with Crippen molar-refractivity contribution in [1.82, 2.24) is 0 Å². The van der Waals surface area contributed by atoms with Crippen molar-refractivity contribution in [2.24, 2.45) is 0 Å². The molecule has 1 rings (SSSR count). The van der Waals surface area contributed by atoms with Gasteiger partial charge in [0.25, 0.3) is 0 Å². The van der Waals surface area contributed by atoms with Crippen molar-refractivity contribution < 1.29 is 22.7 Å². The van der Waals surface area contributed by atoms with E-state index in [0.717, 1.165) is 12.1 Å². The Kier molecular flexibility index (Phi) is 3.18. The van der Waals surface area contributed by atoms with E-state index in [-0.39, 0.29) is 11.1 Å². The van der Waals surface area contributed by atoms with Gasteiger partial charge in [-0.05, 0) is 25.1 Å². The first-order valence-electron chi connectivity index (χ1n) is 4.13. The zero-order valence-corrected chi connectivity index (χ0v) is 8.13. The van der Waals surface area contributed by atoms with Crippen LogP contribution in [0.4, 0.5) is 13.2 Å². The summed E-state index contributed by atoms with van der Waals surface area (Å²) in [6.07, 6.45) is -4.85. The van der Waals surface area contributed by atoms with Gasteiger partial charge in [0.15, 0.2) is 5.78 Å². The van der Waals surface area contributed by atoms with Crippen molar-refractivity contribution in [3.63, 3.8) is 0 Å². The third kappa shape index (κ3) is 3.28. The van der Waals surface area contributed by atoms with E-state index in [1.165, 1.54) is 13.0 Å². The van der Waals surface area contributed by atoms with Gasteiger partial charge < -0.3 is 4.74 Å². The van der Waals surface area contributed by atoms with E-state index in [4.69, 9.17) is 5.26 Å². The highest BCUT2D eigenvalue weighted by Gasteiger charge is 2.31. The minimum Gasteiger partial charge on any atom is -0.406 e. The van der Waals surface area contributed by atoms with Crippen LogP contribution in [-0.4, -0.2) is 12.1 Å². The van der Waals surface area contributed by atoms with E-state index >= 15 is 0 Å². The number of nitriles is 1. The van der Waals surface area contributed by atoms with Gasteiger partial charge in [0, 0.05) is 5.56 Å². The molecule has 0 N–H and O–H groups in total. The van der Waals surface area contributed by atoms with Crippen molar-refractivity contribution in [2.45, 2.75) is 13.3 Å². The molecule has 0 saturated carbocycles. The molecule has 1 aromatic carbocycles. The van der Waals surface area contributed by atoms with Crippen molar-refractivity contribution in [3.05, 3.63) is 29.3 Å². The normalized spacial score (nSPS) is 10.7. The minimum atomic E-state index is -4.85. The van der Waals surface area contributed by atoms with Crippen molar-refractivity contribution in [3.8, 4) is 11.8 Å². The van der Waals surface area contributed by atoms with Gasteiger partial charge in [-0.25, -0.2) is 0 Å². The number of ketones is 1. The van der Waals surface area contributed by atoms with Gasteiger partial charge in [0.05, 0.1) is 11.6 Å². The lowest BCUT2D eigenvalue weighted by Gasteiger charge is -2.09. The average Bonchev–Trinajstić information content (AvgIpc) is 2.14. The summed E-state index contributed by atoms with van der Waals surface area (Å²) in [7, 11) is 0. The van der Waals surface area contributed by atoms with Crippen LogP contribution < -0.4 is 4.74 Å². The molecule has 0 aliphatic rings. The van der Waals surface area contributed by atoms with E-state index < -0.39 is 17.9 Å². The molecule has 0 aromatic heterocycles. The third-order valence-corrected chi connectivity index (χ3v) is 1.68. The van der Waals surface area contributed by atoms with Crippen LogP contribution >= 0.6 is 0 Å². The highest BCUT2D eigenvalue weighted by Crippen LogP contribution is 2.25. The number of halogens is 3. The number of alkyl halides is 3. The molecule has 6 heteroatoms. The summed E-state index contributed by atoms with van der Waals surface area (Å²) >= 11 is 0. The standard InChI is InChI=1S/C10H6F3NO2/c1-6(15)8-2-7(5-14)3-9(4-8)16-10(11,12)13/h2-4H,1H3. The molecule has 0 heterocycles. The number of rotatable bonds is 2. The molecule has 0 bridgehead atoms. The number of carbonyl (C=O) groups excluding carboxylic acids is 1. The maximum Gasteiger partial charge on any atom is 0.573 e. The molecular weight excluding hydrogens is 223 g/mol. The van der Waals surface area contributed by atoms with E-state index in [0.29, 0.717) is 0 Å². The van der Waals surface area contributed by atoms with E-state index in [1.54, 1.807) is 6.07 Å². The molecule has 3 nitrogen and oxygen atoms in total. The molecule has 16 heavy (non-hydrogen) atoms. The molecule has 1 aromatic rings. The molecule has 0 aliphatic carbocycles. The Hall–Kier alpha value is -2.03. The number of ether oxygens (including phenoxy) is 1. The first kappa shape index (κ1) is 12.0. The average molecular weight is 229 g/mol. The fourth-order valence-electron chi connectivity index (χ4n) is 1.06. The smallest absolute Gasteiger partial charge is 0.406 e. The second-order valence-corrected chi connectivity index (χ2v) is 2.96. The van der Waals surface area contributed by atoms with Gasteiger partial charge in [-0.15, -0.1) is 13.2 Å². The predicted molar refractivity (Wildman–Crippen MR) is 47.8 cm³/mol. The molecule has 0 atom stereocenters. The molecular formula is C10H6F3NO2. The van der Waals surface area contributed by atoms with Crippen molar-refractivity contribution >= 4 is 5.78 Å². The van der Waals surface area contributed by atoms with Gasteiger partial charge in [-0.3, -0.25) is 4.79 Å². The quantitative estimate of drug-likeness (QED) is 0.732. The maximum atomic E-state index is 11.9. The lowest BCUT2D eigenvalue weighted by Crippen LogP contribution is -2.17. The van der Waals surface area contributed by atoms with Crippen molar-refractivity contribution in [1.29, 1.82) is 5.26 Å². The Morgan fingerprint density at radius 2 is 2.00 bits per heavy atom.